The standard InChI is InChI=1S/C24H19NO2S/c26-28(22-14-8-3-9-15-22)18-27-24-17-21(19-10-4-1-5-11-19)16-23(25-24)20-12-6-2-7-13-20/h1-17H,18H2. The van der Waals surface area contributed by atoms with Crippen molar-refractivity contribution >= 4 is 10.8 Å². The highest BCUT2D eigenvalue weighted by Crippen LogP contribution is 2.28. The Morgan fingerprint density at radius 1 is 0.679 bits per heavy atom. The number of nitrogens with zero attached hydrogens (tertiary/aromatic N) is 1. The van der Waals surface area contributed by atoms with Crippen molar-refractivity contribution in [1.29, 1.82) is 0 Å². The molecule has 4 rings (SSSR count). The molecule has 1 unspecified atom stereocenters. The van der Waals surface area contributed by atoms with E-state index in [9.17, 15) is 4.21 Å². The lowest BCUT2D eigenvalue weighted by Crippen LogP contribution is -2.07. The third kappa shape index (κ3) is 4.35. The van der Waals surface area contributed by atoms with Gasteiger partial charge < -0.3 is 4.74 Å². The molecule has 0 aliphatic rings. The maximum Gasteiger partial charge on any atom is 0.215 e. The molecule has 1 aromatic heterocycles. The zero-order valence-corrected chi connectivity index (χ0v) is 16.0. The highest BCUT2D eigenvalue weighted by molar-refractivity contribution is 7.84. The van der Waals surface area contributed by atoms with Crippen LogP contribution in [0, 0.1) is 0 Å². The summed E-state index contributed by atoms with van der Waals surface area (Å²) in [5, 5.41) is 0. The van der Waals surface area contributed by atoms with Crippen molar-refractivity contribution in [3.05, 3.63) is 103 Å². The normalized spacial score (nSPS) is 11.7. The summed E-state index contributed by atoms with van der Waals surface area (Å²) < 4.78 is 18.3. The van der Waals surface area contributed by atoms with E-state index in [1.165, 1.54) is 0 Å². The van der Waals surface area contributed by atoms with Crippen molar-refractivity contribution in [3.8, 4) is 28.3 Å². The molecular weight excluding hydrogens is 366 g/mol. The fraction of sp³-hybridized carbons (Fsp3) is 0.0417. The van der Waals surface area contributed by atoms with E-state index in [1.807, 2.05) is 91.0 Å². The van der Waals surface area contributed by atoms with Crippen LogP contribution < -0.4 is 4.74 Å². The van der Waals surface area contributed by atoms with Gasteiger partial charge in [-0.2, -0.15) is 0 Å². The first-order chi connectivity index (χ1) is 13.8. The van der Waals surface area contributed by atoms with Crippen molar-refractivity contribution < 1.29 is 8.95 Å². The van der Waals surface area contributed by atoms with Crippen LogP contribution in [0.5, 0.6) is 5.88 Å². The molecule has 0 aliphatic heterocycles. The van der Waals surface area contributed by atoms with Crippen LogP contribution >= 0.6 is 0 Å². The second-order valence-electron chi connectivity index (χ2n) is 6.23. The average Bonchev–Trinajstić information content (AvgIpc) is 2.79. The van der Waals surface area contributed by atoms with Gasteiger partial charge in [-0.3, -0.25) is 4.21 Å². The molecule has 0 amide bonds. The van der Waals surface area contributed by atoms with Gasteiger partial charge in [-0.05, 0) is 29.3 Å². The SMILES string of the molecule is O=S(COc1cc(-c2ccccc2)cc(-c2ccccc2)n1)c1ccccc1. The van der Waals surface area contributed by atoms with Crippen LogP contribution in [0.4, 0.5) is 0 Å². The van der Waals surface area contributed by atoms with Crippen LogP contribution in [0.25, 0.3) is 22.4 Å². The van der Waals surface area contributed by atoms with Gasteiger partial charge in [0, 0.05) is 16.5 Å². The maximum absolute atomic E-state index is 12.5. The van der Waals surface area contributed by atoms with Gasteiger partial charge in [0.15, 0.2) is 5.94 Å². The molecule has 1 heterocycles. The molecular formula is C24H19NO2S. The first-order valence-electron chi connectivity index (χ1n) is 8.99. The summed E-state index contributed by atoms with van der Waals surface area (Å²) in [6.07, 6.45) is 0. The molecule has 0 saturated carbocycles. The first-order valence-corrected chi connectivity index (χ1v) is 10.3. The number of hydrogen-bond donors (Lipinski definition) is 0. The van der Waals surface area contributed by atoms with Crippen molar-refractivity contribution in [2.45, 2.75) is 4.90 Å². The van der Waals surface area contributed by atoms with Gasteiger partial charge in [-0.1, -0.05) is 78.9 Å². The molecule has 0 spiro atoms. The van der Waals surface area contributed by atoms with Gasteiger partial charge in [0.25, 0.3) is 0 Å². The van der Waals surface area contributed by atoms with E-state index < -0.39 is 10.8 Å². The molecule has 3 aromatic carbocycles. The van der Waals surface area contributed by atoms with Gasteiger partial charge in [0.1, 0.15) is 0 Å². The van der Waals surface area contributed by atoms with Gasteiger partial charge >= 0.3 is 0 Å². The largest absolute Gasteiger partial charge is 0.464 e. The molecule has 0 aliphatic carbocycles. The van der Waals surface area contributed by atoms with Gasteiger partial charge in [-0.15, -0.1) is 0 Å². The van der Waals surface area contributed by atoms with E-state index >= 15 is 0 Å². The Kier molecular flexibility index (Phi) is 5.59. The van der Waals surface area contributed by atoms with Gasteiger partial charge in [0.2, 0.25) is 5.88 Å². The Hall–Kier alpha value is -3.24. The maximum atomic E-state index is 12.5. The van der Waals surface area contributed by atoms with Gasteiger partial charge in [-0.25, -0.2) is 4.98 Å². The van der Waals surface area contributed by atoms with E-state index in [1.54, 1.807) is 0 Å². The predicted molar refractivity (Wildman–Crippen MR) is 113 cm³/mol. The summed E-state index contributed by atoms with van der Waals surface area (Å²) in [4.78, 5) is 5.38. The quantitative estimate of drug-likeness (QED) is 0.436. The van der Waals surface area contributed by atoms with E-state index in [-0.39, 0.29) is 5.94 Å². The minimum Gasteiger partial charge on any atom is -0.464 e. The average molecular weight is 385 g/mol. The van der Waals surface area contributed by atoms with Crippen molar-refractivity contribution in [2.24, 2.45) is 0 Å². The van der Waals surface area contributed by atoms with E-state index in [4.69, 9.17) is 4.74 Å². The third-order valence-corrected chi connectivity index (χ3v) is 5.43. The molecule has 0 N–H and O–H groups in total. The lowest BCUT2D eigenvalue weighted by molar-refractivity contribution is 0.371. The molecule has 3 nitrogen and oxygen atoms in total. The number of benzene rings is 3. The minimum atomic E-state index is -1.25. The predicted octanol–water partition coefficient (Wildman–Crippen LogP) is 5.56. The number of rotatable bonds is 6. The summed E-state index contributed by atoms with van der Waals surface area (Å²) in [5.74, 6) is 0.522. The monoisotopic (exact) mass is 385 g/mol. The van der Waals surface area contributed by atoms with Crippen molar-refractivity contribution in [2.75, 3.05) is 5.94 Å². The second kappa shape index (κ2) is 8.63. The molecule has 4 heteroatoms. The van der Waals surface area contributed by atoms with Gasteiger partial charge in [0.05, 0.1) is 16.5 Å². The second-order valence-corrected chi connectivity index (χ2v) is 7.63. The summed E-state index contributed by atoms with van der Waals surface area (Å²) >= 11 is 0. The Bertz CT molecular complexity index is 1010. The Balaban J connectivity index is 1.65. The van der Waals surface area contributed by atoms with Crippen molar-refractivity contribution in [3.63, 3.8) is 0 Å². The topological polar surface area (TPSA) is 39.2 Å². The fourth-order valence-corrected chi connectivity index (χ4v) is 3.71. The zero-order valence-electron chi connectivity index (χ0n) is 15.2. The zero-order chi connectivity index (χ0) is 19.2. The minimum absolute atomic E-state index is 0.0590. The van der Waals surface area contributed by atoms with Crippen LogP contribution in [0.15, 0.2) is 108 Å². The first kappa shape index (κ1) is 18.1. The molecule has 0 bridgehead atoms. The van der Waals surface area contributed by atoms with Crippen LogP contribution in [0.2, 0.25) is 0 Å². The Labute approximate surface area is 167 Å². The lowest BCUT2D eigenvalue weighted by atomic mass is 10.0. The van der Waals surface area contributed by atoms with Crippen molar-refractivity contribution in [1.82, 2.24) is 4.98 Å². The van der Waals surface area contributed by atoms with E-state index in [0.717, 1.165) is 27.3 Å². The number of pyridine rings is 1. The molecule has 138 valence electrons. The number of hydrogen-bond acceptors (Lipinski definition) is 3. The third-order valence-electron chi connectivity index (χ3n) is 4.30. The smallest absolute Gasteiger partial charge is 0.215 e. The van der Waals surface area contributed by atoms with Crippen LogP contribution in [-0.2, 0) is 10.8 Å². The van der Waals surface area contributed by atoms with E-state index in [0.29, 0.717) is 5.88 Å². The van der Waals surface area contributed by atoms with Crippen LogP contribution in [0.3, 0.4) is 0 Å². The molecule has 4 aromatic rings. The van der Waals surface area contributed by atoms with Crippen LogP contribution in [0.1, 0.15) is 0 Å². The highest BCUT2D eigenvalue weighted by Gasteiger charge is 2.10. The fourth-order valence-electron chi connectivity index (χ4n) is 2.89. The van der Waals surface area contributed by atoms with Crippen LogP contribution in [-0.4, -0.2) is 15.1 Å². The molecule has 0 saturated heterocycles. The van der Waals surface area contributed by atoms with E-state index in [2.05, 4.69) is 17.1 Å². The molecule has 28 heavy (non-hydrogen) atoms. The number of ether oxygens (including phenoxy) is 1. The lowest BCUT2D eigenvalue weighted by Gasteiger charge is -2.11. The summed E-state index contributed by atoms with van der Waals surface area (Å²) in [7, 11) is -1.25. The number of aromatic nitrogens is 1. The molecule has 0 fully saturated rings. The Morgan fingerprint density at radius 2 is 1.25 bits per heavy atom. The Morgan fingerprint density at radius 3 is 1.89 bits per heavy atom. The summed E-state index contributed by atoms with van der Waals surface area (Å²) in [5.41, 5.74) is 3.92. The summed E-state index contributed by atoms with van der Waals surface area (Å²) in [6.45, 7) is 0. The highest BCUT2D eigenvalue weighted by atomic mass is 32.2. The molecule has 1 atom stereocenters. The molecule has 0 radical (unpaired) electrons. The summed E-state index contributed by atoms with van der Waals surface area (Å²) in [6, 6.07) is 33.3.